The molecular formula is C9H11N3O4. The van der Waals surface area contributed by atoms with E-state index in [0.717, 1.165) is 13.1 Å². The highest BCUT2D eigenvalue weighted by molar-refractivity contribution is 5.91. The normalized spacial score (nSPS) is 15.6. The predicted molar refractivity (Wildman–Crippen MR) is 54.1 cm³/mol. The highest BCUT2D eigenvalue weighted by Crippen LogP contribution is 2.18. The molecule has 0 atom stereocenters. The van der Waals surface area contributed by atoms with Gasteiger partial charge in [0, 0.05) is 20.1 Å². The molecule has 0 aliphatic carbocycles. The van der Waals surface area contributed by atoms with E-state index in [0.29, 0.717) is 0 Å². The third-order valence-electron chi connectivity index (χ3n) is 2.61. The van der Waals surface area contributed by atoms with Crippen molar-refractivity contribution in [2.75, 3.05) is 20.1 Å². The van der Waals surface area contributed by atoms with Crippen LogP contribution in [0, 0.1) is 10.1 Å². The molecule has 1 aromatic heterocycles. The van der Waals surface area contributed by atoms with Crippen molar-refractivity contribution >= 4 is 11.8 Å². The zero-order valence-electron chi connectivity index (χ0n) is 8.67. The molecule has 86 valence electrons. The van der Waals surface area contributed by atoms with Gasteiger partial charge in [-0.2, -0.15) is 0 Å². The van der Waals surface area contributed by atoms with Gasteiger partial charge in [0.05, 0.1) is 12.1 Å². The van der Waals surface area contributed by atoms with Crippen molar-refractivity contribution in [2.24, 2.45) is 0 Å². The quantitative estimate of drug-likeness (QED) is 0.587. The van der Waals surface area contributed by atoms with E-state index in [1.165, 1.54) is 17.0 Å². The van der Waals surface area contributed by atoms with Gasteiger partial charge in [0.15, 0.2) is 5.76 Å². The summed E-state index contributed by atoms with van der Waals surface area (Å²) in [5.41, 5.74) is 0. The SMILES string of the molecule is CN(C(=O)c1ccc([N+](=O)[O-])o1)C1CNC1. The van der Waals surface area contributed by atoms with Crippen LogP contribution in [0.3, 0.4) is 0 Å². The number of carbonyl (C=O) groups is 1. The minimum Gasteiger partial charge on any atom is -0.395 e. The fourth-order valence-corrected chi connectivity index (χ4v) is 1.43. The Labute approximate surface area is 91.2 Å². The summed E-state index contributed by atoms with van der Waals surface area (Å²) in [6.45, 7) is 1.48. The molecule has 1 saturated heterocycles. The monoisotopic (exact) mass is 225 g/mol. The molecule has 0 bridgehead atoms. The Morgan fingerprint density at radius 3 is 2.75 bits per heavy atom. The first kappa shape index (κ1) is 10.6. The number of nitrogens with one attached hydrogen (secondary N) is 1. The summed E-state index contributed by atoms with van der Waals surface area (Å²) in [5, 5.41) is 13.4. The number of carbonyl (C=O) groups excluding carboxylic acids is 1. The molecule has 7 nitrogen and oxygen atoms in total. The predicted octanol–water partition coefficient (Wildman–Crippen LogP) is 0.232. The molecule has 0 unspecified atom stereocenters. The van der Waals surface area contributed by atoms with Crippen molar-refractivity contribution in [1.29, 1.82) is 0 Å². The van der Waals surface area contributed by atoms with Crippen LogP contribution in [-0.2, 0) is 0 Å². The van der Waals surface area contributed by atoms with Crippen LogP contribution in [0.4, 0.5) is 5.88 Å². The van der Waals surface area contributed by atoms with Crippen molar-refractivity contribution in [3.8, 4) is 0 Å². The molecule has 1 fully saturated rings. The second-order valence-electron chi connectivity index (χ2n) is 3.62. The van der Waals surface area contributed by atoms with Crippen LogP contribution in [0.15, 0.2) is 16.5 Å². The van der Waals surface area contributed by atoms with Crippen molar-refractivity contribution in [3.05, 3.63) is 28.0 Å². The third kappa shape index (κ3) is 1.76. The van der Waals surface area contributed by atoms with E-state index in [4.69, 9.17) is 4.42 Å². The largest absolute Gasteiger partial charge is 0.433 e. The molecule has 16 heavy (non-hydrogen) atoms. The van der Waals surface area contributed by atoms with Crippen LogP contribution in [0.25, 0.3) is 0 Å². The standard InChI is InChI=1S/C9H11N3O4/c1-11(6-4-10-5-6)9(13)7-2-3-8(16-7)12(14)15/h2-3,6,10H,4-5H2,1H3. The zero-order valence-corrected chi connectivity index (χ0v) is 8.67. The van der Waals surface area contributed by atoms with E-state index < -0.39 is 10.8 Å². The van der Waals surface area contributed by atoms with Crippen molar-refractivity contribution in [2.45, 2.75) is 6.04 Å². The first-order valence-electron chi connectivity index (χ1n) is 4.81. The van der Waals surface area contributed by atoms with Gasteiger partial charge in [-0.25, -0.2) is 0 Å². The van der Waals surface area contributed by atoms with E-state index in [1.807, 2.05) is 0 Å². The van der Waals surface area contributed by atoms with Crippen LogP contribution in [0.2, 0.25) is 0 Å². The van der Waals surface area contributed by atoms with Crippen LogP contribution in [-0.4, -0.2) is 41.9 Å². The Kier molecular flexibility index (Phi) is 2.61. The van der Waals surface area contributed by atoms with Gasteiger partial charge in [-0.05, 0) is 6.07 Å². The molecular weight excluding hydrogens is 214 g/mol. The molecule has 1 aliphatic heterocycles. The molecule has 1 N–H and O–H groups in total. The van der Waals surface area contributed by atoms with Crippen LogP contribution < -0.4 is 5.32 Å². The van der Waals surface area contributed by atoms with E-state index >= 15 is 0 Å². The lowest BCUT2D eigenvalue weighted by molar-refractivity contribution is -0.402. The topological polar surface area (TPSA) is 88.6 Å². The zero-order chi connectivity index (χ0) is 11.7. The first-order valence-corrected chi connectivity index (χ1v) is 4.81. The molecule has 1 aromatic rings. The number of furan rings is 1. The minimum atomic E-state index is -0.665. The molecule has 1 aliphatic rings. The summed E-state index contributed by atoms with van der Waals surface area (Å²) in [5.74, 6) is -0.746. The maximum atomic E-state index is 11.8. The number of likely N-dealkylation sites (N-methyl/N-ethyl adjacent to an activating group) is 1. The second-order valence-corrected chi connectivity index (χ2v) is 3.62. The summed E-state index contributed by atoms with van der Waals surface area (Å²) in [6.07, 6.45) is 0. The maximum absolute atomic E-state index is 11.8. The van der Waals surface area contributed by atoms with Crippen LogP contribution in [0.5, 0.6) is 0 Å². The Morgan fingerprint density at radius 1 is 1.62 bits per heavy atom. The lowest BCUT2D eigenvalue weighted by atomic mass is 10.1. The van der Waals surface area contributed by atoms with Gasteiger partial charge in [0.25, 0.3) is 5.91 Å². The van der Waals surface area contributed by atoms with Gasteiger partial charge in [0.1, 0.15) is 4.92 Å². The van der Waals surface area contributed by atoms with Gasteiger partial charge >= 0.3 is 5.88 Å². The molecule has 0 aromatic carbocycles. The minimum absolute atomic E-state index is 0.00102. The van der Waals surface area contributed by atoms with E-state index in [2.05, 4.69) is 5.32 Å². The van der Waals surface area contributed by atoms with E-state index in [-0.39, 0.29) is 17.7 Å². The number of amides is 1. The Morgan fingerprint density at radius 2 is 2.31 bits per heavy atom. The molecule has 0 radical (unpaired) electrons. The average molecular weight is 225 g/mol. The lowest BCUT2D eigenvalue weighted by Crippen LogP contribution is -2.57. The van der Waals surface area contributed by atoms with E-state index in [1.54, 1.807) is 7.05 Å². The number of nitro groups is 1. The van der Waals surface area contributed by atoms with E-state index in [9.17, 15) is 14.9 Å². The van der Waals surface area contributed by atoms with Crippen LogP contribution in [0.1, 0.15) is 10.6 Å². The van der Waals surface area contributed by atoms with Gasteiger partial charge in [-0.15, -0.1) is 0 Å². The van der Waals surface area contributed by atoms with Crippen molar-refractivity contribution in [3.63, 3.8) is 0 Å². The Balaban J connectivity index is 2.10. The fraction of sp³-hybridized carbons (Fsp3) is 0.444. The summed E-state index contributed by atoms with van der Waals surface area (Å²) >= 11 is 0. The summed E-state index contributed by atoms with van der Waals surface area (Å²) in [6, 6.07) is 2.64. The van der Waals surface area contributed by atoms with Gasteiger partial charge < -0.3 is 14.6 Å². The Bertz CT molecular complexity index is 424. The number of hydrogen-bond acceptors (Lipinski definition) is 5. The molecule has 2 rings (SSSR count). The highest BCUT2D eigenvalue weighted by atomic mass is 16.6. The molecule has 7 heteroatoms. The molecule has 0 spiro atoms. The smallest absolute Gasteiger partial charge is 0.395 e. The molecule has 2 heterocycles. The molecule has 1 amide bonds. The van der Waals surface area contributed by atoms with Crippen molar-refractivity contribution in [1.82, 2.24) is 10.2 Å². The highest BCUT2D eigenvalue weighted by Gasteiger charge is 2.28. The lowest BCUT2D eigenvalue weighted by Gasteiger charge is -2.34. The Hall–Kier alpha value is -1.89. The van der Waals surface area contributed by atoms with Crippen molar-refractivity contribution < 1.29 is 14.1 Å². The van der Waals surface area contributed by atoms with Crippen LogP contribution >= 0.6 is 0 Å². The summed E-state index contributed by atoms with van der Waals surface area (Å²) in [7, 11) is 1.65. The van der Waals surface area contributed by atoms with Gasteiger partial charge in [0.2, 0.25) is 0 Å². The number of rotatable bonds is 3. The van der Waals surface area contributed by atoms with Gasteiger partial charge in [-0.3, -0.25) is 14.9 Å². The summed E-state index contributed by atoms with van der Waals surface area (Å²) in [4.78, 5) is 23.0. The molecule has 0 saturated carbocycles. The fourth-order valence-electron chi connectivity index (χ4n) is 1.43. The maximum Gasteiger partial charge on any atom is 0.433 e. The average Bonchev–Trinajstić information content (AvgIpc) is 2.62. The summed E-state index contributed by atoms with van der Waals surface area (Å²) < 4.78 is 4.84. The first-order chi connectivity index (χ1) is 7.59. The second kappa shape index (κ2) is 3.93. The number of nitrogens with zero attached hydrogens (tertiary/aromatic N) is 2. The third-order valence-corrected chi connectivity index (χ3v) is 2.61. The van der Waals surface area contributed by atoms with Gasteiger partial charge in [-0.1, -0.05) is 0 Å². The number of hydrogen-bond donors (Lipinski definition) is 1.